The minimum Gasteiger partial charge on any atom is -0.384 e. The van der Waals surface area contributed by atoms with Crippen molar-refractivity contribution >= 4 is 34.4 Å². The molecule has 0 fully saturated rings. The normalized spacial score (nSPS) is 10.3. The van der Waals surface area contributed by atoms with E-state index < -0.39 is 0 Å². The lowest BCUT2D eigenvalue weighted by atomic mass is 10.3. The van der Waals surface area contributed by atoms with E-state index in [2.05, 4.69) is 16.4 Å². The molecule has 3 nitrogen and oxygen atoms in total. The topological polar surface area (TPSA) is 50.9 Å². The van der Waals surface area contributed by atoms with E-state index in [-0.39, 0.29) is 0 Å². The average Bonchev–Trinajstić information content (AvgIpc) is 2.67. The zero-order valence-corrected chi connectivity index (χ0v) is 10.2. The largest absolute Gasteiger partial charge is 0.384 e. The number of nitrogens with zero attached hydrogens (tertiary/aromatic N) is 1. The van der Waals surface area contributed by atoms with E-state index in [1.165, 1.54) is 4.88 Å². The molecule has 2 rings (SSSR count). The first-order valence-electron chi connectivity index (χ1n) is 4.93. The lowest BCUT2D eigenvalue weighted by Crippen LogP contribution is -2.04. The highest BCUT2D eigenvalue weighted by Crippen LogP contribution is 2.21. The van der Waals surface area contributed by atoms with Crippen LogP contribution in [0.1, 0.15) is 4.88 Å². The van der Waals surface area contributed by atoms with E-state index in [0.29, 0.717) is 5.82 Å². The van der Waals surface area contributed by atoms with Gasteiger partial charge in [-0.1, -0.05) is 11.6 Å². The van der Waals surface area contributed by atoms with E-state index in [9.17, 15) is 0 Å². The molecule has 2 aromatic rings. The zero-order valence-electron chi connectivity index (χ0n) is 8.61. The molecular formula is C11H12ClN3S. The summed E-state index contributed by atoms with van der Waals surface area (Å²) in [5, 5.41) is 3.28. The molecule has 0 radical (unpaired) electrons. The quantitative estimate of drug-likeness (QED) is 0.881. The van der Waals surface area contributed by atoms with Gasteiger partial charge in [-0.3, -0.25) is 0 Å². The van der Waals surface area contributed by atoms with Crippen LogP contribution in [-0.2, 0) is 6.42 Å². The van der Waals surface area contributed by atoms with Crippen LogP contribution < -0.4 is 11.1 Å². The van der Waals surface area contributed by atoms with Gasteiger partial charge in [-0.15, -0.1) is 11.3 Å². The van der Waals surface area contributed by atoms with Crippen LogP contribution in [0.5, 0.6) is 0 Å². The highest BCUT2D eigenvalue weighted by Gasteiger charge is 1.98. The molecule has 84 valence electrons. The summed E-state index contributed by atoms with van der Waals surface area (Å²) in [6.07, 6.45) is 2.69. The Morgan fingerprint density at radius 3 is 2.81 bits per heavy atom. The zero-order chi connectivity index (χ0) is 11.4. The fourth-order valence-electron chi connectivity index (χ4n) is 1.33. The van der Waals surface area contributed by atoms with Crippen molar-refractivity contribution in [1.29, 1.82) is 0 Å². The predicted octanol–water partition coefficient (Wildman–Crippen LogP) is 3.03. The number of nitrogens with two attached hydrogens (primary N) is 1. The molecule has 16 heavy (non-hydrogen) atoms. The van der Waals surface area contributed by atoms with Gasteiger partial charge in [0.1, 0.15) is 5.82 Å². The highest BCUT2D eigenvalue weighted by molar-refractivity contribution is 7.16. The van der Waals surface area contributed by atoms with Crippen molar-refractivity contribution in [1.82, 2.24) is 4.98 Å². The Balaban J connectivity index is 1.82. The van der Waals surface area contributed by atoms with Gasteiger partial charge in [0, 0.05) is 11.4 Å². The maximum atomic E-state index is 5.85. The van der Waals surface area contributed by atoms with Crippen molar-refractivity contribution in [3.8, 4) is 0 Å². The van der Waals surface area contributed by atoms with Crippen molar-refractivity contribution < 1.29 is 0 Å². The van der Waals surface area contributed by atoms with Gasteiger partial charge in [0.25, 0.3) is 0 Å². The van der Waals surface area contributed by atoms with Crippen molar-refractivity contribution in [2.45, 2.75) is 6.42 Å². The molecule has 0 bridgehead atoms. The van der Waals surface area contributed by atoms with Gasteiger partial charge in [0.15, 0.2) is 0 Å². The summed E-state index contributed by atoms with van der Waals surface area (Å²) in [5.41, 5.74) is 6.48. The van der Waals surface area contributed by atoms with Crippen molar-refractivity contribution in [2.75, 3.05) is 17.6 Å². The van der Waals surface area contributed by atoms with Crippen molar-refractivity contribution in [3.63, 3.8) is 0 Å². The molecule has 0 amide bonds. The van der Waals surface area contributed by atoms with Crippen LogP contribution in [0.25, 0.3) is 0 Å². The molecule has 3 N–H and O–H groups in total. The minimum atomic E-state index is 0.538. The fourth-order valence-corrected chi connectivity index (χ4v) is 2.41. The summed E-state index contributed by atoms with van der Waals surface area (Å²) >= 11 is 7.46. The summed E-state index contributed by atoms with van der Waals surface area (Å²) in [7, 11) is 0. The number of hydrogen-bond acceptors (Lipinski definition) is 4. The number of halogens is 1. The lowest BCUT2D eigenvalue weighted by molar-refractivity contribution is 1.04. The number of anilines is 2. The van der Waals surface area contributed by atoms with Crippen molar-refractivity contribution in [3.05, 3.63) is 39.7 Å². The second-order valence-corrected chi connectivity index (χ2v) is 5.15. The molecule has 2 aromatic heterocycles. The van der Waals surface area contributed by atoms with Crippen LogP contribution in [0.3, 0.4) is 0 Å². The summed E-state index contributed by atoms with van der Waals surface area (Å²) in [6.45, 7) is 0.864. The number of pyridine rings is 1. The van der Waals surface area contributed by atoms with E-state index in [1.54, 1.807) is 23.6 Å². The molecule has 0 aliphatic heterocycles. The standard InChI is InChI=1S/C11H12ClN3S/c12-10-3-2-9(16-10)5-6-14-8-1-4-11(13)15-7-8/h1-4,7,14H,5-6H2,(H2,13,15). The smallest absolute Gasteiger partial charge is 0.123 e. The van der Waals surface area contributed by atoms with Crippen molar-refractivity contribution in [2.24, 2.45) is 0 Å². The van der Waals surface area contributed by atoms with Crippen LogP contribution in [0.2, 0.25) is 4.34 Å². The fraction of sp³-hybridized carbons (Fsp3) is 0.182. The third kappa shape index (κ3) is 3.12. The first kappa shape index (κ1) is 11.2. The highest BCUT2D eigenvalue weighted by atomic mass is 35.5. The Hall–Kier alpha value is -1.26. The first-order valence-corrected chi connectivity index (χ1v) is 6.13. The monoisotopic (exact) mass is 253 g/mol. The van der Waals surface area contributed by atoms with Gasteiger partial charge < -0.3 is 11.1 Å². The lowest BCUT2D eigenvalue weighted by Gasteiger charge is -2.04. The summed E-state index contributed by atoms with van der Waals surface area (Å²) in [5.74, 6) is 0.538. The SMILES string of the molecule is Nc1ccc(NCCc2ccc(Cl)s2)cn1. The maximum absolute atomic E-state index is 5.85. The molecule has 0 unspecified atom stereocenters. The van der Waals surface area contributed by atoms with E-state index in [0.717, 1.165) is 23.0 Å². The third-order valence-corrected chi connectivity index (χ3v) is 3.41. The van der Waals surface area contributed by atoms with Gasteiger partial charge in [-0.05, 0) is 30.7 Å². The Kier molecular flexibility index (Phi) is 3.64. The molecule has 0 aliphatic rings. The van der Waals surface area contributed by atoms with Crippen LogP contribution >= 0.6 is 22.9 Å². The van der Waals surface area contributed by atoms with Crippen LogP contribution in [0.4, 0.5) is 11.5 Å². The summed E-state index contributed by atoms with van der Waals surface area (Å²) < 4.78 is 0.837. The Morgan fingerprint density at radius 1 is 1.31 bits per heavy atom. The van der Waals surface area contributed by atoms with Crippen LogP contribution in [0, 0.1) is 0 Å². The summed E-state index contributed by atoms with van der Waals surface area (Å²) in [6, 6.07) is 7.68. The average molecular weight is 254 g/mol. The maximum Gasteiger partial charge on any atom is 0.123 e. The van der Waals surface area contributed by atoms with E-state index >= 15 is 0 Å². The first-order chi connectivity index (χ1) is 7.74. The Bertz CT molecular complexity index is 453. The molecule has 0 aliphatic carbocycles. The van der Waals surface area contributed by atoms with Gasteiger partial charge >= 0.3 is 0 Å². The number of nitrogens with one attached hydrogen (secondary N) is 1. The molecular weight excluding hydrogens is 242 g/mol. The molecule has 0 saturated heterocycles. The Morgan fingerprint density at radius 2 is 2.19 bits per heavy atom. The number of hydrogen-bond donors (Lipinski definition) is 2. The number of nitrogen functional groups attached to an aromatic ring is 1. The molecule has 0 atom stereocenters. The van der Waals surface area contributed by atoms with Crippen LogP contribution in [-0.4, -0.2) is 11.5 Å². The molecule has 2 heterocycles. The molecule has 0 aromatic carbocycles. The number of rotatable bonds is 4. The number of aromatic nitrogens is 1. The second-order valence-electron chi connectivity index (χ2n) is 3.35. The van der Waals surface area contributed by atoms with Gasteiger partial charge in [0.05, 0.1) is 16.2 Å². The number of thiophene rings is 1. The van der Waals surface area contributed by atoms with E-state index in [4.69, 9.17) is 17.3 Å². The molecule has 5 heteroatoms. The van der Waals surface area contributed by atoms with Gasteiger partial charge in [0.2, 0.25) is 0 Å². The Labute approximate surface area is 103 Å². The summed E-state index contributed by atoms with van der Waals surface area (Å²) in [4.78, 5) is 5.28. The van der Waals surface area contributed by atoms with Gasteiger partial charge in [-0.2, -0.15) is 0 Å². The minimum absolute atomic E-state index is 0.538. The second kappa shape index (κ2) is 5.18. The molecule has 0 saturated carbocycles. The van der Waals surface area contributed by atoms with Crippen LogP contribution in [0.15, 0.2) is 30.5 Å². The predicted molar refractivity (Wildman–Crippen MR) is 70.2 cm³/mol. The third-order valence-electron chi connectivity index (χ3n) is 2.12. The van der Waals surface area contributed by atoms with E-state index in [1.807, 2.05) is 12.1 Å². The van der Waals surface area contributed by atoms with Gasteiger partial charge in [-0.25, -0.2) is 4.98 Å². The molecule has 0 spiro atoms.